The molecule has 0 fully saturated rings. The molecule has 4 rings (SSSR count). The van der Waals surface area contributed by atoms with Crippen LogP contribution in [0.5, 0.6) is 5.75 Å². The van der Waals surface area contributed by atoms with Crippen LogP contribution in [0.15, 0.2) is 66.7 Å². The van der Waals surface area contributed by atoms with Gasteiger partial charge in [0.25, 0.3) is 5.91 Å². The molecule has 1 aromatic heterocycles. The molecule has 0 aliphatic carbocycles. The summed E-state index contributed by atoms with van der Waals surface area (Å²) in [5, 5.41) is 4.45. The van der Waals surface area contributed by atoms with Crippen LogP contribution in [0.25, 0.3) is 20.8 Å². The molecule has 164 valence electrons. The number of halogens is 1. The smallest absolute Gasteiger partial charge is 0.258 e. The summed E-state index contributed by atoms with van der Waals surface area (Å²) in [7, 11) is 4.01. The number of carbonyl (C=O) groups excluding carboxylic acids is 1. The monoisotopic (exact) mass is 465 g/mol. The predicted octanol–water partition coefficient (Wildman–Crippen LogP) is 5.37. The van der Waals surface area contributed by atoms with E-state index in [9.17, 15) is 4.79 Å². The molecule has 0 unspecified atom stereocenters. The van der Waals surface area contributed by atoms with Gasteiger partial charge in [-0.2, -0.15) is 0 Å². The lowest BCUT2D eigenvalue weighted by atomic mass is 10.1. The van der Waals surface area contributed by atoms with Gasteiger partial charge in [-0.1, -0.05) is 41.9 Å². The van der Waals surface area contributed by atoms with Gasteiger partial charge in [0.15, 0.2) is 6.61 Å². The fourth-order valence-corrected chi connectivity index (χ4v) is 4.51. The number of thiazole rings is 1. The first-order chi connectivity index (χ1) is 15.5. The zero-order valence-corrected chi connectivity index (χ0v) is 19.5. The quantitative estimate of drug-likeness (QED) is 0.380. The van der Waals surface area contributed by atoms with Gasteiger partial charge in [0.2, 0.25) is 0 Å². The van der Waals surface area contributed by atoms with E-state index in [1.165, 1.54) is 0 Å². The van der Waals surface area contributed by atoms with Gasteiger partial charge in [0.05, 0.1) is 10.2 Å². The highest BCUT2D eigenvalue weighted by atomic mass is 35.5. The van der Waals surface area contributed by atoms with Gasteiger partial charge in [-0.15, -0.1) is 11.3 Å². The SMILES string of the molecule is CN(C)Cc1cc(-c2nc3ccccc3s2)ccc1OCC(=O)NCc1ccccc1Cl. The van der Waals surface area contributed by atoms with Crippen molar-refractivity contribution >= 4 is 39.1 Å². The minimum Gasteiger partial charge on any atom is -0.483 e. The van der Waals surface area contributed by atoms with Crippen LogP contribution < -0.4 is 10.1 Å². The van der Waals surface area contributed by atoms with Crippen LogP contribution in [0.2, 0.25) is 5.02 Å². The number of ether oxygens (including phenoxy) is 1. The number of benzene rings is 3. The van der Waals surface area contributed by atoms with E-state index in [-0.39, 0.29) is 12.5 Å². The first-order valence-corrected chi connectivity index (χ1v) is 11.5. The highest BCUT2D eigenvalue weighted by Gasteiger charge is 2.13. The number of para-hydroxylation sites is 1. The maximum Gasteiger partial charge on any atom is 0.258 e. The van der Waals surface area contributed by atoms with E-state index in [0.29, 0.717) is 23.9 Å². The highest BCUT2D eigenvalue weighted by Crippen LogP contribution is 2.33. The Hall–Kier alpha value is -2.93. The van der Waals surface area contributed by atoms with Gasteiger partial charge in [0.1, 0.15) is 10.8 Å². The second-order valence-corrected chi connectivity index (χ2v) is 9.14. The third-order valence-corrected chi connectivity index (χ3v) is 6.33. The highest BCUT2D eigenvalue weighted by molar-refractivity contribution is 7.21. The molecule has 3 aromatic carbocycles. The third-order valence-electron chi connectivity index (χ3n) is 4.88. The number of hydrogen-bond acceptors (Lipinski definition) is 5. The average Bonchev–Trinajstić information content (AvgIpc) is 3.21. The molecule has 0 saturated heterocycles. The summed E-state index contributed by atoms with van der Waals surface area (Å²) < 4.78 is 7.04. The van der Waals surface area contributed by atoms with Crippen LogP contribution in [0.1, 0.15) is 11.1 Å². The normalized spacial score (nSPS) is 11.1. The molecule has 4 aromatic rings. The van der Waals surface area contributed by atoms with Gasteiger partial charge in [-0.05, 0) is 56.1 Å². The molecular weight excluding hydrogens is 442 g/mol. The molecule has 0 bridgehead atoms. The van der Waals surface area contributed by atoms with Crippen LogP contribution in [-0.4, -0.2) is 36.5 Å². The van der Waals surface area contributed by atoms with E-state index in [2.05, 4.69) is 22.3 Å². The number of nitrogens with zero attached hydrogens (tertiary/aromatic N) is 2. The summed E-state index contributed by atoms with van der Waals surface area (Å²) in [5.74, 6) is 0.493. The van der Waals surface area contributed by atoms with Gasteiger partial charge in [0, 0.05) is 29.2 Å². The van der Waals surface area contributed by atoms with E-state index in [4.69, 9.17) is 21.3 Å². The summed E-state index contributed by atoms with van der Waals surface area (Å²) in [6.07, 6.45) is 0. The van der Waals surface area contributed by atoms with Crippen molar-refractivity contribution < 1.29 is 9.53 Å². The Kier molecular flexibility index (Phi) is 7.05. The topological polar surface area (TPSA) is 54.5 Å². The van der Waals surface area contributed by atoms with Gasteiger partial charge < -0.3 is 15.0 Å². The molecular formula is C25H24ClN3O2S. The molecule has 1 N–H and O–H groups in total. The molecule has 0 spiro atoms. The largest absolute Gasteiger partial charge is 0.483 e. The molecule has 5 nitrogen and oxygen atoms in total. The molecule has 7 heteroatoms. The Bertz CT molecular complexity index is 1210. The molecule has 32 heavy (non-hydrogen) atoms. The zero-order valence-electron chi connectivity index (χ0n) is 18.0. The maximum atomic E-state index is 12.3. The van der Waals surface area contributed by atoms with Crippen molar-refractivity contribution in [1.82, 2.24) is 15.2 Å². The molecule has 1 heterocycles. The Morgan fingerprint density at radius 3 is 2.62 bits per heavy atom. The lowest BCUT2D eigenvalue weighted by molar-refractivity contribution is -0.123. The molecule has 0 saturated carbocycles. The molecule has 0 aliphatic heterocycles. The Morgan fingerprint density at radius 1 is 1.06 bits per heavy atom. The fraction of sp³-hybridized carbons (Fsp3) is 0.200. The molecule has 1 amide bonds. The van der Waals surface area contributed by atoms with Crippen molar-refractivity contribution in [3.05, 3.63) is 82.9 Å². The van der Waals surface area contributed by atoms with Crippen molar-refractivity contribution in [1.29, 1.82) is 0 Å². The molecule has 0 aliphatic rings. The number of rotatable bonds is 8. The van der Waals surface area contributed by atoms with E-state index in [1.54, 1.807) is 17.4 Å². The number of hydrogen-bond donors (Lipinski definition) is 1. The van der Waals surface area contributed by atoms with Gasteiger partial charge in [-0.25, -0.2) is 4.98 Å². The van der Waals surface area contributed by atoms with Crippen molar-refractivity contribution in [2.45, 2.75) is 13.1 Å². The Balaban J connectivity index is 1.46. The lowest BCUT2D eigenvalue weighted by Crippen LogP contribution is -2.28. The van der Waals surface area contributed by atoms with Crippen LogP contribution >= 0.6 is 22.9 Å². The second kappa shape index (κ2) is 10.1. The zero-order chi connectivity index (χ0) is 22.5. The van der Waals surface area contributed by atoms with Crippen molar-refractivity contribution in [2.75, 3.05) is 20.7 Å². The van der Waals surface area contributed by atoms with Crippen LogP contribution in [0.4, 0.5) is 0 Å². The fourth-order valence-electron chi connectivity index (χ4n) is 3.34. The van der Waals surface area contributed by atoms with Gasteiger partial charge in [-0.3, -0.25) is 4.79 Å². The Labute approximate surface area is 196 Å². The summed E-state index contributed by atoms with van der Waals surface area (Å²) in [6.45, 7) is 0.990. The molecule has 0 radical (unpaired) electrons. The van der Waals surface area contributed by atoms with Crippen molar-refractivity contribution in [3.8, 4) is 16.3 Å². The van der Waals surface area contributed by atoms with Crippen molar-refractivity contribution in [3.63, 3.8) is 0 Å². The minimum atomic E-state index is -0.198. The standard InChI is InChI=1S/C25H24ClN3O2S/c1-29(2)15-19-13-17(25-28-21-9-5-6-10-23(21)32-25)11-12-22(19)31-16-24(30)27-14-18-7-3-4-8-20(18)26/h3-13H,14-16H2,1-2H3,(H,27,30). The van der Waals surface area contributed by atoms with E-state index in [1.807, 2.05) is 62.6 Å². The van der Waals surface area contributed by atoms with Crippen LogP contribution in [-0.2, 0) is 17.9 Å². The van der Waals surface area contributed by atoms with Crippen LogP contribution in [0.3, 0.4) is 0 Å². The number of aromatic nitrogens is 1. The Morgan fingerprint density at radius 2 is 1.84 bits per heavy atom. The van der Waals surface area contributed by atoms with Crippen molar-refractivity contribution in [2.24, 2.45) is 0 Å². The second-order valence-electron chi connectivity index (χ2n) is 7.70. The summed E-state index contributed by atoms with van der Waals surface area (Å²) in [6, 6.07) is 21.6. The minimum absolute atomic E-state index is 0.0641. The van der Waals surface area contributed by atoms with Crippen LogP contribution in [0, 0.1) is 0 Å². The van der Waals surface area contributed by atoms with E-state index >= 15 is 0 Å². The summed E-state index contributed by atoms with van der Waals surface area (Å²) in [4.78, 5) is 19.2. The number of amides is 1. The number of nitrogens with one attached hydrogen (secondary N) is 1. The number of fused-ring (bicyclic) bond motifs is 1. The average molecular weight is 466 g/mol. The molecule has 0 atom stereocenters. The summed E-state index contributed by atoms with van der Waals surface area (Å²) in [5.41, 5.74) is 3.91. The lowest BCUT2D eigenvalue weighted by Gasteiger charge is -2.16. The van der Waals surface area contributed by atoms with E-state index < -0.39 is 0 Å². The predicted molar refractivity (Wildman–Crippen MR) is 131 cm³/mol. The van der Waals surface area contributed by atoms with E-state index in [0.717, 1.165) is 31.9 Å². The number of carbonyl (C=O) groups is 1. The van der Waals surface area contributed by atoms with Gasteiger partial charge >= 0.3 is 0 Å². The first-order valence-electron chi connectivity index (χ1n) is 10.3. The first kappa shape index (κ1) is 22.3. The third kappa shape index (κ3) is 5.46. The maximum absolute atomic E-state index is 12.3. The summed E-state index contributed by atoms with van der Waals surface area (Å²) >= 11 is 7.82.